The van der Waals surface area contributed by atoms with Gasteiger partial charge >= 0.3 is 11.9 Å². The quantitative estimate of drug-likeness (QED) is 0.782. The minimum absolute atomic E-state index is 0.0888. The molecule has 0 bridgehead atoms. The highest BCUT2D eigenvalue weighted by Gasteiger charge is 2.18. The minimum Gasteiger partial charge on any atom is -0.466 e. The number of hydrogen-bond acceptors (Lipinski definition) is 6. The van der Waals surface area contributed by atoms with Crippen molar-refractivity contribution in [1.82, 2.24) is 9.97 Å². The van der Waals surface area contributed by atoms with Gasteiger partial charge in [-0.3, -0.25) is 4.79 Å². The summed E-state index contributed by atoms with van der Waals surface area (Å²) in [6.07, 6.45) is 1.52. The second kappa shape index (κ2) is 6.78. The molecule has 0 amide bonds. The summed E-state index contributed by atoms with van der Waals surface area (Å²) >= 11 is 0. The number of nitrogens with zero attached hydrogens (tertiary/aromatic N) is 2. The van der Waals surface area contributed by atoms with Gasteiger partial charge in [-0.15, -0.1) is 0 Å². The van der Waals surface area contributed by atoms with Crippen molar-refractivity contribution in [3.8, 4) is 0 Å². The predicted molar refractivity (Wildman–Crippen MR) is 75.8 cm³/mol. The average Bonchev–Trinajstić information content (AvgIpc) is 2.47. The molecule has 0 saturated carbocycles. The van der Waals surface area contributed by atoms with E-state index in [9.17, 15) is 9.59 Å². The number of fused-ring (bicyclic) bond motifs is 1. The number of carbonyl (C=O) groups is 2. The van der Waals surface area contributed by atoms with E-state index < -0.39 is 11.9 Å². The van der Waals surface area contributed by atoms with Crippen molar-refractivity contribution >= 4 is 23.0 Å². The van der Waals surface area contributed by atoms with Gasteiger partial charge in [0.15, 0.2) is 5.65 Å². The summed E-state index contributed by atoms with van der Waals surface area (Å²) in [4.78, 5) is 32.1. The van der Waals surface area contributed by atoms with E-state index in [1.165, 1.54) is 0 Å². The number of carbonyl (C=O) groups excluding carboxylic acids is 2. The molecular formula is C15H16N2O4. The molecule has 6 heteroatoms. The van der Waals surface area contributed by atoms with Crippen LogP contribution in [0.2, 0.25) is 0 Å². The monoisotopic (exact) mass is 288 g/mol. The molecule has 21 heavy (non-hydrogen) atoms. The summed E-state index contributed by atoms with van der Waals surface area (Å²) in [5.74, 6) is -0.944. The largest absolute Gasteiger partial charge is 0.466 e. The SMILES string of the molecule is CCOC(=O)Cc1nc2ncccc2cc1C(=O)OCC. The van der Waals surface area contributed by atoms with Gasteiger partial charge in [-0.2, -0.15) is 0 Å². The van der Waals surface area contributed by atoms with E-state index in [-0.39, 0.29) is 25.2 Å². The number of pyridine rings is 2. The predicted octanol–water partition coefficient (Wildman–Crippen LogP) is 1.91. The van der Waals surface area contributed by atoms with Gasteiger partial charge < -0.3 is 9.47 Å². The van der Waals surface area contributed by atoms with Crippen LogP contribution in [0.5, 0.6) is 0 Å². The Morgan fingerprint density at radius 1 is 1.19 bits per heavy atom. The Morgan fingerprint density at radius 2 is 1.95 bits per heavy atom. The van der Waals surface area contributed by atoms with Crippen molar-refractivity contribution in [2.45, 2.75) is 20.3 Å². The lowest BCUT2D eigenvalue weighted by molar-refractivity contribution is -0.142. The molecule has 0 N–H and O–H groups in total. The van der Waals surface area contributed by atoms with Crippen molar-refractivity contribution in [3.63, 3.8) is 0 Å². The van der Waals surface area contributed by atoms with Crippen molar-refractivity contribution in [3.05, 3.63) is 35.7 Å². The fraction of sp³-hybridized carbons (Fsp3) is 0.333. The lowest BCUT2D eigenvalue weighted by atomic mass is 10.1. The van der Waals surface area contributed by atoms with Crippen LogP contribution in [0.15, 0.2) is 24.4 Å². The Hall–Kier alpha value is -2.50. The average molecular weight is 288 g/mol. The maximum Gasteiger partial charge on any atom is 0.340 e. The third-order valence-corrected chi connectivity index (χ3v) is 2.78. The van der Waals surface area contributed by atoms with Crippen LogP contribution >= 0.6 is 0 Å². The summed E-state index contributed by atoms with van der Waals surface area (Å²) in [6, 6.07) is 5.19. The fourth-order valence-corrected chi connectivity index (χ4v) is 1.91. The zero-order valence-electron chi connectivity index (χ0n) is 12.0. The number of hydrogen-bond donors (Lipinski definition) is 0. The molecule has 0 aliphatic rings. The van der Waals surface area contributed by atoms with E-state index in [1.54, 1.807) is 38.2 Å². The van der Waals surface area contributed by atoms with Crippen molar-refractivity contribution < 1.29 is 19.1 Å². The van der Waals surface area contributed by atoms with Gasteiger partial charge in [-0.05, 0) is 32.0 Å². The van der Waals surface area contributed by atoms with Crippen LogP contribution in [0.25, 0.3) is 11.0 Å². The third-order valence-electron chi connectivity index (χ3n) is 2.78. The van der Waals surface area contributed by atoms with Gasteiger partial charge in [0, 0.05) is 11.6 Å². The van der Waals surface area contributed by atoms with Crippen LogP contribution in [0.4, 0.5) is 0 Å². The third kappa shape index (κ3) is 3.53. The van der Waals surface area contributed by atoms with Crippen LogP contribution in [-0.4, -0.2) is 35.1 Å². The normalized spacial score (nSPS) is 10.4. The van der Waals surface area contributed by atoms with Crippen molar-refractivity contribution in [2.24, 2.45) is 0 Å². The number of aromatic nitrogens is 2. The van der Waals surface area contributed by atoms with Gasteiger partial charge in [0.05, 0.1) is 30.9 Å². The fourth-order valence-electron chi connectivity index (χ4n) is 1.91. The lowest BCUT2D eigenvalue weighted by Crippen LogP contribution is -2.15. The number of ether oxygens (including phenoxy) is 2. The second-order valence-electron chi connectivity index (χ2n) is 4.24. The standard InChI is InChI=1S/C15H16N2O4/c1-3-20-13(18)9-12-11(15(19)21-4-2)8-10-6-5-7-16-14(10)17-12/h5-8H,3-4,9H2,1-2H3. The highest BCUT2D eigenvalue weighted by molar-refractivity contribution is 5.95. The Morgan fingerprint density at radius 3 is 2.67 bits per heavy atom. The molecule has 6 nitrogen and oxygen atoms in total. The van der Waals surface area contributed by atoms with Gasteiger partial charge in [0.2, 0.25) is 0 Å². The van der Waals surface area contributed by atoms with E-state index >= 15 is 0 Å². The van der Waals surface area contributed by atoms with Gasteiger partial charge in [0.25, 0.3) is 0 Å². The first kappa shape index (κ1) is 14.9. The first-order chi connectivity index (χ1) is 10.2. The molecule has 0 aliphatic carbocycles. The van der Waals surface area contributed by atoms with E-state index in [0.29, 0.717) is 16.7 Å². The Bertz CT molecular complexity index is 670. The number of esters is 2. The Kier molecular flexibility index (Phi) is 4.81. The minimum atomic E-state index is -0.505. The van der Waals surface area contributed by atoms with Crippen LogP contribution in [0.1, 0.15) is 29.9 Å². The zero-order valence-corrected chi connectivity index (χ0v) is 12.0. The van der Waals surface area contributed by atoms with Crippen LogP contribution in [0.3, 0.4) is 0 Å². The van der Waals surface area contributed by atoms with E-state index in [1.807, 2.05) is 0 Å². The molecule has 0 atom stereocenters. The first-order valence-corrected chi connectivity index (χ1v) is 6.73. The van der Waals surface area contributed by atoms with Crippen LogP contribution < -0.4 is 0 Å². The van der Waals surface area contributed by atoms with E-state index in [2.05, 4.69) is 9.97 Å². The molecule has 2 heterocycles. The molecule has 2 aromatic rings. The van der Waals surface area contributed by atoms with Crippen molar-refractivity contribution in [2.75, 3.05) is 13.2 Å². The molecule has 0 aromatic carbocycles. The summed E-state index contributed by atoms with van der Waals surface area (Å²) in [5, 5.41) is 0.716. The first-order valence-electron chi connectivity index (χ1n) is 6.73. The molecule has 0 spiro atoms. The summed E-state index contributed by atoms with van der Waals surface area (Å²) in [7, 11) is 0. The summed E-state index contributed by atoms with van der Waals surface area (Å²) < 4.78 is 9.91. The maximum absolute atomic E-state index is 12.0. The van der Waals surface area contributed by atoms with Gasteiger partial charge in [0.1, 0.15) is 0 Å². The van der Waals surface area contributed by atoms with E-state index in [4.69, 9.17) is 9.47 Å². The number of rotatable bonds is 5. The summed E-state index contributed by atoms with van der Waals surface area (Å²) in [6.45, 7) is 3.97. The summed E-state index contributed by atoms with van der Waals surface area (Å²) in [5.41, 5.74) is 1.06. The van der Waals surface area contributed by atoms with Gasteiger partial charge in [-0.25, -0.2) is 14.8 Å². The molecule has 2 aromatic heterocycles. The Balaban J connectivity index is 2.45. The zero-order chi connectivity index (χ0) is 15.2. The molecule has 0 saturated heterocycles. The topological polar surface area (TPSA) is 78.4 Å². The Labute approximate surface area is 122 Å². The molecule has 110 valence electrons. The highest BCUT2D eigenvalue weighted by Crippen LogP contribution is 2.17. The molecule has 2 rings (SSSR count). The molecule has 0 unspecified atom stereocenters. The van der Waals surface area contributed by atoms with Crippen LogP contribution in [-0.2, 0) is 20.7 Å². The highest BCUT2D eigenvalue weighted by atomic mass is 16.5. The van der Waals surface area contributed by atoms with Gasteiger partial charge in [-0.1, -0.05) is 0 Å². The maximum atomic E-state index is 12.0. The molecule has 0 radical (unpaired) electrons. The molecule has 0 aliphatic heterocycles. The molecule has 0 fully saturated rings. The van der Waals surface area contributed by atoms with Crippen LogP contribution in [0, 0.1) is 0 Å². The van der Waals surface area contributed by atoms with E-state index in [0.717, 1.165) is 0 Å². The molecular weight excluding hydrogens is 272 g/mol. The smallest absolute Gasteiger partial charge is 0.340 e. The second-order valence-corrected chi connectivity index (χ2v) is 4.24. The van der Waals surface area contributed by atoms with Crippen molar-refractivity contribution in [1.29, 1.82) is 0 Å². The lowest BCUT2D eigenvalue weighted by Gasteiger charge is -2.09.